The van der Waals surface area contributed by atoms with Crippen molar-refractivity contribution in [2.75, 3.05) is 13.1 Å². The van der Waals surface area contributed by atoms with E-state index >= 15 is 0 Å². The zero-order chi connectivity index (χ0) is 10.6. The van der Waals surface area contributed by atoms with Crippen LogP contribution in [0.3, 0.4) is 0 Å². The molecule has 3 heteroatoms. The molecule has 1 heterocycles. The van der Waals surface area contributed by atoms with Crippen LogP contribution in [0.1, 0.15) is 33.6 Å². The molecule has 3 nitrogen and oxygen atoms in total. The Morgan fingerprint density at radius 1 is 1.50 bits per heavy atom. The van der Waals surface area contributed by atoms with Crippen LogP contribution in [0.4, 0.5) is 0 Å². The SMILES string of the molecule is CC(C)CCC(=O)NC1CNCC1C. The highest BCUT2D eigenvalue weighted by molar-refractivity contribution is 5.76. The Morgan fingerprint density at radius 2 is 2.21 bits per heavy atom. The molecule has 1 amide bonds. The lowest BCUT2D eigenvalue weighted by Crippen LogP contribution is -2.39. The first-order valence-corrected chi connectivity index (χ1v) is 5.59. The third-order valence-electron chi connectivity index (χ3n) is 2.81. The maximum atomic E-state index is 11.5. The summed E-state index contributed by atoms with van der Waals surface area (Å²) in [6.07, 6.45) is 1.65. The summed E-state index contributed by atoms with van der Waals surface area (Å²) in [5, 5.41) is 6.36. The molecule has 0 aromatic rings. The van der Waals surface area contributed by atoms with E-state index in [2.05, 4.69) is 31.4 Å². The third kappa shape index (κ3) is 3.66. The minimum atomic E-state index is 0.208. The van der Waals surface area contributed by atoms with Gasteiger partial charge >= 0.3 is 0 Å². The Kier molecular flexibility index (Phi) is 4.39. The fourth-order valence-corrected chi connectivity index (χ4v) is 1.70. The highest BCUT2D eigenvalue weighted by Gasteiger charge is 2.23. The minimum absolute atomic E-state index is 0.208. The molecular weight excluding hydrogens is 176 g/mol. The van der Waals surface area contributed by atoms with Crippen LogP contribution in [0.15, 0.2) is 0 Å². The van der Waals surface area contributed by atoms with E-state index in [9.17, 15) is 4.79 Å². The van der Waals surface area contributed by atoms with Crippen molar-refractivity contribution in [1.82, 2.24) is 10.6 Å². The van der Waals surface area contributed by atoms with Crippen LogP contribution in [-0.2, 0) is 4.79 Å². The molecule has 0 radical (unpaired) electrons. The Bertz CT molecular complexity index is 192. The van der Waals surface area contributed by atoms with Gasteiger partial charge in [-0.2, -0.15) is 0 Å². The summed E-state index contributed by atoms with van der Waals surface area (Å²) >= 11 is 0. The van der Waals surface area contributed by atoms with Crippen LogP contribution in [-0.4, -0.2) is 25.0 Å². The van der Waals surface area contributed by atoms with E-state index < -0.39 is 0 Å². The normalized spacial score (nSPS) is 26.9. The molecule has 82 valence electrons. The zero-order valence-corrected chi connectivity index (χ0v) is 9.47. The van der Waals surface area contributed by atoms with Crippen molar-refractivity contribution in [2.24, 2.45) is 11.8 Å². The van der Waals surface area contributed by atoms with E-state index in [0.29, 0.717) is 24.3 Å². The lowest BCUT2D eigenvalue weighted by atomic mass is 10.0. The van der Waals surface area contributed by atoms with E-state index in [4.69, 9.17) is 0 Å². The average Bonchev–Trinajstić information content (AvgIpc) is 2.49. The molecule has 0 aliphatic carbocycles. The van der Waals surface area contributed by atoms with Crippen molar-refractivity contribution in [1.29, 1.82) is 0 Å². The van der Waals surface area contributed by atoms with Crippen molar-refractivity contribution in [2.45, 2.75) is 39.7 Å². The molecule has 1 fully saturated rings. The van der Waals surface area contributed by atoms with E-state index in [0.717, 1.165) is 19.5 Å². The molecule has 0 saturated carbocycles. The van der Waals surface area contributed by atoms with Crippen LogP contribution in [0.25, 0.3) is 0 Å². The summed E-state index contributed by atoms with van der Waals surface area (Å²) in [5.41, 5.74) is 0. The molecular formula is C11H22N2O. The number of carbonyl (C=O) groups excluding carboxylic acids is 1. The molecule has 2 N–H and O–H groups in total. The van der Waals surface area contributed by atoms with Crippen molar-refractivity contribution < 1.29 is 4.79 Å². The van der Waals surface area contributed by atoms with Gasteiger partial charge in [0.25, 0.3) is 0 Å². The third-order valence-corrected chi connectivity index (χ3v) is 2.81. The van der Waals surface area contributed by atoms with Crippen LogP contribution in [0.2, 0.25) is 0 Å². The van der Waals surface area contributed by atoms with E-state index in [1.165, 1.54) is 0 Å². The standard InChI is InChI=1S/C11H22N2O/c1-8(2)4-5-11(14)13-10-7-12-6-9(10)3/h8-10,12H,4-7H2,1-3H3,(H,13,14). The maximum absolute atomic E-state index is 11.5. The molecule has 0 aromatic carbocycles. The fraction of sp³-hybridized carbons (Fsp3) is 0.909. The second kappa shape index (κ2) is 5.35. The lowest BCUT2D eigenvalue weighted by molar-refractivity contribution is -0.122. The van der Waals surface area contributed by atoms with E-state index in [1.54, 1.807) is 0 Å². The van der Waals surface area contributed by atoms with Gasteiger partial charge in [-0.15, -0.1) is 0 Å². The quantitative estimate of drug-likeness (QED) is 0.711. The second-order valence-corrected chi connectivity index (χ2v) is 4.74. The average molecular weight is 198 g/mol. The summed E-state index contributed by atoms with van der Waals surface area (Å²) in [6, 6.07) is 0.342. The molecule has 14 heavy (non-hydrogen) atoms. The fourth-order valence-electron chi connectivity index (χ4n) is 1.70. The molecule has 0 bridgehead atoms. The summed E-state index contributed by atoms with van der Waals surface area (Å²) in [6.45, 7) is 8.41. The van der Waals surface area contributed by atoms with E-state index in [1.807, 2.05) is 0 Å². The largest absolute Gasteiger partial charge is 0.352 e. The number of hydrogen-bond acceptors (Lipinski definition) is 2. The Morgan fingerprint density at radius 3 is 2.71 bits per heavy atom. The van der Waals surface area contributed by atoms with Gasteiger partial charge in [0.15, 0.2) is 0 Å². The van der Waals surface area contributed by atoms with Gasteiger partial charge in [0.05, 0.1) is 0 Å². The van der Waals surface area contributed by atoms with Crippen LogP contribution in [0.5, 0.6) is 0 Å². The van der Waals surface area contributed by atoms with Crippen molar-refractivity contribution in [3.05, 3.63) is 0 Å². The summed E-state index contributed by atoms with van der Waals surface area (Å²) < 4.78 is 0. The maximum Gasteiger partial charge on any atom is 0.220 e. The molecule has 1 aliphatic heterocycles. The van der Waals surface area contributed by atoms with Crippen LogP contribution >= 0.6 is 0 Å². The van der Waals surface area contributed by atoms with Crippen molar-refractivity contribution >= 4 is 5.91 Å². The predicted octanol–water partition coefficient (Wildman–Crippen LogP) is 1.15. The molecule has 2 atom stereocenters. The van der Waals surface area contributed by atoms with Gasteiger partial charge in [-0.05, 0) is 24.8 Å². The van der Waals surface area contributed by atoms with Crippen LogP contribution in [0, 0.1) is 11.8 Å². The van der Waals surface area contributed by atoms with Gasteiger partial charge in [0, 0.05) is 19.0 Å². The molecule has 1 rings (SSSR count). The molecule has 1 aliphatic rings. The number of rotatable bonds is 4. The van der Waals surface area contributed by atoms with Gasteiger partial charge < -0.3 is 10.6 Å². The summed E-state index contributed by atoms with van der Waals surface area (Å²) in [4.78, 5) is 11.5. The van der Waals surface area contributed by atoms with Crippen LogP contribution < -0.4 is 10.6 Å². The van der Waals surface area contributed by atoms with Crippen molar-refractivity contribution in [3.8, 4) is 0 Å². The first-order chi connectivity index (χ1) is 6.59. The Balaban J connectivity index is 2.19. The smallest absolute Gasteiger partial charge is 0.220 e. The topological polar surface area (TPSA) is 41.1 Å². The Hall–Kier alpha value is -0.570. The number of carbonyl (C=O) groups is 1. The number of nitrogens with one attached hydrogen (secondary N) is 2. The first-order valence-electron chi connectivity index (χ1n) is 5.59. The zero-order valence-electron chi connectivity index (χ0n) is 9.47. The number of amides is 1. The lowest BCUT2D eigenvalue weighted by Gasteiger charge is -2.16. The Labute approximate surface area is 86.6 Å². The monoisotopic (exact) mass is 198 g/mol. The minimum Gasteiger partial charge on any atom is -0.352 e. The first kappa shape index (κ1) is 11.5. The highest BCUT2D eigenvalue weighted by atomic mass is 16.1. The number of hydrogen-bond donors (Lipinski definition) is 2. The summed E-state index contributed by atoms with van der Waals surface area (Å²) in [5.74, 6) is 1.39. The molecule has 2 unspecified atom stereocenters. The van der Waals surface area contributed by atoms with Gasteiger partial charge in [0.1, 0.15) is 0 Å². The summed E-state index contributed by atoms with van der Waals surface area (Å²) in [7, 11) is 0. The predicted molar refractivity (Wildman–Crippen MR) is 58.0 cm³/mol. The molecule has 1 saturated heterocycles. The van der Waals surface area contributed by atoms with Gasteiger partial charge in [-0.25, -0.2) is 0 Å². The van der Waals surface area contributed by atoms with Gasteiger partial charge in [-0.1, -0.05) is 20.8 Å². The second-order valence-electron chi connectivity index (χ2n) is 4.74. The molecule has 0 spiro atoms. The highest BCUT2D eigenvalue weighted by Crippen LogP contribution is 2.09. The van der Waals surface area contributed by atoms with Gasteiger partial charge in [-0.3, -0.25) is 4.79 Å². The molecule has 0 aromatic heterocycles. The van der Waals surface area contributed by atoms with E-state index in [-0.39, 0.29) is 5.91 Å². The van der Waals surface area contributed by atoms with Crippen molar-refractivity contribution in [3.63, 3.8) is 0 Å². The van der Waals surface area contributed by atoms with Gasteiger partial charge in [0.2, 0.25) is 5.91 Å².